The van der Waals surface area contributed by atoms with Crippen LogP contribution in [0.3, 0.4) is 0 Å². The Morgan fingerprint density at radius 2 is 1.41 bits per heavy atom. The van der Waals surface area contributed by atoms with E-state index in [0.29, 0.717) is 31.1 Å². The van der Waals surface area contributed by atoms with E-state index in [0.717, 1.165) is 5.56 Å². The zero-order valence-corrected chi connectivity index (χ0v) is 15.9. The Morgan fingerprint density at radius 3 is 2.00 bits per heavy atom. The van der Waals surface area contributed by atoms with E-state index in [-0.39, 0.29) is 6.54 Å². The summed E-state index contributed by atoms with van der Waals surface area (Å²) in [5.41, 5.74) is -0.368. The van der Waals surface area contributed by atoms with Crippen LogP contribution in [0.15, 0.2) is 18.2 Å². The van der Waals surface area contributed by atoms with Gasteiger partial charge in [-0.1, -0.05) is 6.07 Å². The Balaban J connectivity index is 2.00. The Bertz CT molecular complexity index is 860. The van der Waals surface area contributed by atoms with Gasteiger partial charge < -0.3 is 14.8 Å². The van der Waals surface area contributed by atoms with E-state index >= 15 is 0 Å². The van der Waals surface area contributed by atoms with Crippen LogP contribution < -0.4 is 14.8 Å². The second-order valence-electron chi connectivity index (χ2n) is 5.97. The summed E-state index contributed by atoms with van der Waals surface area (Å²) in [7, 11) is 0. The molecule has 0 unspecified atom stereocenters. The van der Waals surface area contributed by atoms with Crippen molar-refractivity contribution in [2.75, 3.05) is 19.8 Å². The predicted octanol–water partition coefficient (Wildman–Crippen LogP) is 4.08. The minimum atomic E-state index is -2.26. The fourth-order valence-electron chi connectivity index (χ4n) is 2.63. The number of benzene rings is 2. The molecule has 0 aliphatic rings. The monoisotopic (exact) mass is 417 g/mol. The summed E-state index contributed by atoms with van der Waals surface area (Å²) in [6.07, 6.45) is -0.616. The molecule has 1 N–H and O–H groups in total. The fourth-order valence-corrected chi connectivity index (χ4v) is 2.63. The molecule has 9 heteroatoms. The lowest BCUT2D eigenvalue weighted by atomic mass is 10.1. The molecule has 0 radical (unpaired) electrons. The third kappa shape index (κ3) is 5.36. The molecule has 29 heavy (non-hydrogen) atoms. The lowest BCUT2D eigenvalue weighted by Crippen LogP contribution is -2.28. The van der Waals surface area contributed by atoms with Crippen molar-refractivity contribution in [2.24, 2.45) is 0 Å². The molecule has 1 amide bonds. The number of ether oxygens (including phenoxy) is 2. The highest BCUT2D eigenvalue weighted by molar-refractivity contribution is 5.78. The largest absolute Gasteiger partial charge is 0.490 e. The molecule has 4 nitrogen and oxygen atoms in total. The Morgan fingerprint density at radius 1 is 0.862 bits per heavy atom. The smallest absolute Gasteiger partial charge is 0.224 e. The molecule has 0 aromatic heterocycles. The molecule has 158 valence electrons. The first-order chi connectivity index (χ1) is 13.8. The Labute approximate surface area is 164 Å². The van der Waals surface area contributed by atoms with Gasteiger partial charge in [-0.05, 0) is 38.0 Å². The molecule has 0 saturated carbocycles. The van der Waals surface area contributed by atoms with E-state index in [1.165, 1.54) is 0 Å². The Hall–Kier alpha value is -2.84. The zero-order valence-electron chi connectivity index (χ0n) is 15.9. The van der Waals surface area contributed by atoms with Crippen LogP contribution >= 0.6 is 0 Å². The topological polar surface area (TPSA) is 47.6 Å². The molecule has 2 aromatic carbocycles. The maximum atomic E-state index is 13.6. The summed E-state index contributed by atoms with van der Waals surface area (Å²) in [5, 5.41) is 2.40. The number of halogens is 5. The number of carbonyl (C=O) groups excluding carboxylic acids is 1. The van der Waals surface area contributed by atoms with Crippen molar-refractivity contribution in [1.29, 1.82) is 0 Å². The normalized spacial score (nSPS) is 10.7. The maximum Gasteiger partial charge on any atom is 0.224 e. The van der Waals surface area contributed by atoms with Gasteiger partial charge in [0, 0.05) is 12.1 Å². The minimum absolute atomic E-state index is 0.0910. The number of nitrogens with one attached hydrogen (secondary N) is 1. The summed E-state index contributed by atoms with van der Waals surface area (Å²) in [6, 6.07) is 5.23. The molecule has 0 bridgehead atoms. The SMILES string of the molecule is CCOc1ccc(CCNC(=O)Cc2c(F)c(F)c(F)c(F)c2F)cc1OCC. The molecule has 2 aromatic rings. The van der Waals surface area contributed by atoms with Crippen molar-refractivity contribution in [2.45, 2.75) is 26.7 Å². The van der Waals surface area contributed by atoms with Crippen molar-refractivity contribution < 1.29 is 36.2 Å². The van der Waals surface area contributed by atoms with Crippen LogP contribution in [-0.2, 0) is 17.6 Å². The van der Waals surface area contributed by atoms with Crippen LogP contribution in [0.25, 0.3) is 0 Å². The van der Waals surface area contributed by atoms with E-state index in [1.54, 1.807) is 18.2 Å². The van der Waals surface area contributed by atoms with Gasteiger partial charge in [0.15, 0.2) is 34.8 Å². The second kappa shape index (κ2) is 10.1. The Kier molecular flexibility index (Phi) is 7.81. The van der Waals surface area contributed by atoms with Crippen LogP contribution in [0.2, 0.25) is 0 Å². The highest BCUT2D eigenvalue weighted by Crippen LogP contribution is 2.28. The summed E-state index contributed by atoms with van der Waals surface area (Å²) in [6.45, 7) is 4.65. The molecule has 0 fully saturated rings. The van der Waals surface area contributed by atoms with Gasteiger partial charge in [0.25, 0.3) is 0 Å². The summed E-state index contributed by atoms with van der Waals surface area (Å²) in [4.78, 5) is 11.9. The molecule has 0 aliphatic heterocycles. The average molecular weight is 417 g/mol. The van der Waals surface area contributed by atoms with E-state index < -0.39 is 47.0 Å². The summed E-state index contributed by atoms with van der Waals surface area (Å²) in [5.74, 6) is -10.2. The van der Waals surface area contributed by atoms with Gasteiger partial charge in [-0.15, -0.1) is 0 Å². The lowest BCUT2D eigenvalue weighted by Gasteiger charge is -2.13. The number of hydrogen-bond donors (Lipinski definition) is 1. The van der Waals surface area contributed by atoms with Gasteiger partial charge in [0.1, 0.15) is 0 Å². The van der Waals surface area contributed by atoms with Crippen LogP contribution in [0, 0.1) is 29.1 Å². The van der Waals surface area contributed by atoms with Crippen LogP contribution in [0.1, 0.15) is 25.0 Å². The third-order valence-corrected chi connectivity index (χ3v) is 3.98. The van der Waals surface area contributed by atoms with Gasteiger partial charge in [0.2, 0.25) is 11.7 Å². The lowest BCUT2D eigenvalue weighted by molar-refractivity contribution is -0.120. The van der Waals surface area contributed by atoms with Crippen molar-refractivity contribution in [3.8, 4) is 11.5 Å². The molecule has 0 atom stereocenters. The van der Waals surface area contributed by atoms with Crippen molar-refractivity contribution in [3.63, 3.8) is 0 Å². The molecule has 0 aliphatic carbocycles. The number of amides is 1. The van der Waals surface area contributed by atoms with Gasteiger partial charge in [0.05, 0.1) is 19.6 Å². The van der Waals surface area contributed by atoms with Gasteiger partial charge >= 0.3 is 0 Å². The van der Waals surface area contributed by atoms with E-state index in [9.17, 15) is 26.7 Å². The van der Waals surface area contributed by atoms with Crippen molar-refractivity contribution in [3.05, 3.63) is 58.4 Å². The van der Waals surface area contributed by atoms with Gasteiger partial charge in [-0.2, -0.15) is 0 Å². The molecule has 2 rings (SSSR count). The standard InChI is InChI=1S/C20H20F5NO3/c1-3-28-13-6-5-11(9-14(13)29-4-2)7-8-26-15(27)10-12-16(21)18(23)20(25)19(24)17(12)22/h5-6,9H,3-4,7-8,10H2,1-2H3,(H,26,27). The summed E-state index contributed by atoms with van der Waals surface area (Å²) < 4.78 is 77.7. The molecule has 0 spiro atoms. The second-order valence-corrected chi connectivity index (χ2v) is 5.97. The van der Waals surface area contributed by atoms with E-state index in [1.807, 2.05) is 13.8 Å². The van der Waals surface area contributed by atoms with Crippen LogP contribution in [0.5, 0.6) is 11.5 Å². The minimum Gasteiger partial charge on any atom is -0.490 e. The number of rotatable bonds is 9. The molecular weight excluding hydrogens is 397 g/mol. The van der Waals surface area contributed by atoms with Gasteiger partial charge in [-0.3, -0.25) is 4.79 Å². The maximum absolute atomic E-state index is 13.6. The molecule has 0 saturated heterocycles. The van der Waals surface area contributed by atoms with E-state index in [2.05, 4.69) is 5.32 Å². The zero-order chi connectivity index (χ0) is 21.6. The van der Waals surface area contributed by atoms with Crippen LogP contribution in [0.4, 0.5) is 22.0 Å². The van der Waals surface area contributed by atoms with Crippen molar-refractivity contribution >= 4 is 5.91 Å². The predicted molar refractivity (Wildman–Crippen MR) is 95.4 cm³/mol. The first-order valence-electron chi connectivity index (χ1n) is 8.95. The highest BCUT2D eigenvalue weighted by atomic mass is 19.2. The summed E-state index contributed by atoms with van der Waals surface area (Å²) >= 11 is 0. The fraction of sp³-hybridized carbons (Fsp3) is 0.350. The number of carbonyl (C=O) groups is 1. The average Bonchev–Trinajstić information content (AvgIpc) is 2.70. The first-order valence-corrected chi connectivity index (χ1v) is 8.95. The highest BCUT2D eigenvalue weighted by Gasteiger charge is 2.26. The quantitative estimate of drug-likeness (QED) is 0.380. The van der Waals surface area contributed by atoms with Crippen molar-refractivity contribution in [1.82, 2.24) is 5.32 Å². The molecule has 0 heterocycles. The van der Waals surface area contributed by atoms with Gasteiger partial charge in [-0.25, -0.2) is 22.0 Å². The van der Waals surface area contributed by atoms with E-state index in [4.69, 9.17) is 9.47 Å². The molecular formula is C20H20F5NO3. The first kappa shape index (κ1) is 22.4. The van der Waals surface area contributed by atoms with Crippen LogP contribution in [-0.4, -0.2) is 25.7 Å². The number of hydrogen-bond acceptors (Lipinski definition) is 3. The third-order valence-electron chi connectivity index (χ3n) is 3.98.